The van der Waals surface area contributed by atoms with Crippen LogP contribution < -0.4 is 5.32 Å². The highest BCUT2D eigenvalue weighted by atomic mass is 32.1. The van der Waals surface area contributed by atoms with Crippen molar-refractivity contribution in [3.8, 4) is 10.6 Å². The Balaban J connectivity index is 2.13. The molecule has 0 spiro atoms. The minimum Gasteiger partial charge on any atom is -0.312 e. The van der Waals surface area contributed by atoms with Crippen molar-refractivity contribution in [3.05, 3.63) is 40.9 Å². The van der Waals surface area contributed by atoms with Crippen molar-refractivity contribution in [2.45, 2.75) is 26.8 Å². The second kappa shape index (κ2) is 5.94. The van der Waals surface area contributed by atoms with Gasteiger partial charge in [-0.3, -0.25) is 0 Å². The van der Waals surface area contributed by atoms with Gasteiger partial charge in [-0.05, 0) is 19.9 Å². The van der Waals surface area contributed by atoms with Gasteiger partial charge in [0.2, 0.25) is 0 Å². The number of nitrogens with one attached hydrogen (secondary N) is 1. The molecule has 0 saturated carbocycles. The van der Waals surface area contributed by atoms with Gasteiger partial charge in [0.05, 0.1) is 5.69 Å². The van der Waals surface area contributed by atoms with E-state index in [4.69, 9.17) is 0 Å². The molecule has 1 aromatic carbocycles. The molecule has 0 amide bonds. The Morgan fingerprint density at radius 1 is 1.24 bits per heavy atom. The molecule has 2 nitrogen and oxygen atoms in total. The van der Waals surface area contributed by atoms with Crippen LogP contribution in [-0.2, 0) is 6.54 Å². The zero-order valence-corrected chi connectivity index (χ0v) is 11.2. The molecule has 1 N–H and O–H groups in total. The number of aryl methyl sites for hydroxylation is 1. The van der Waals surface area contributed by atoms with Crippen LogP contribution in [0.3, 0.4) is 0 Å². The third-order valence-corrected chi connectivity index (χ3v) is 3.83. The smallest absolute Gasteiger partial charge is 0.123 e. The molecular weight excluding hydrogens is 228 g/mol. The molecule has 3 heteroatoms. The number of thiazole rings is 1. The van der Waals surface area contributed by atoms with Crippen LogP contribution >= 0.6 is 11.3 Å². The SMILES string of the molecule is CCCNCc1sc(-c2ccccc2)nc1C. The fourth-order valence-electron chi connectivity index (χ4n) is 1.67. The van der Waals surface area contributed by atoms with E-state index in [1.165, 1.54) is 16.9 Å². The van der Waals surface area contributed by atoms with E-state index in [2.05, 4.69) is 48.4 Å². The van der Waals surface area contributed by atoms with E-state index in [0.29, 0.717) is 0 Å². The van der Waals surface area contributed by atoms with Gasteiger partial charge in [-0.2, -0.15) is 0 Å². The Morgan fingerprint density at radius 2 is 2.00 bits per heavy atom. The summed E-state index contributed by atoms with van der Waals surface area (Å²) in [5, 5.41) is 4.55. The van der Waals surface area contributed by atoms with E-state index >= 15 is 0 Å². The van der Waals surface area contributed by atoms with Gasteiger partial charge in [0.1, 0.15) is 5.01 Å². The summed E-state index contributed by atoms with van der Waals surface area (Å²) >= 11 is 1.79. The van der Waals surface area contributed by atoms with Crippen LogP contribution in [0.2, 0.25) is 0 Å². The van der Waals surface area contributed by atoms with Gasteiger partial charge >= 0.3 is 0 Å². The molecule has 0 bridgehead atoms. The highest BCUT2D eigenvalue weighted by Crippen LogP contribution is 2.27. The first-order chi connectivity index (χ1) is 8.31. The molecule has 1 heterocycles. The van der Waals surface area contributed by atoms with Crippen LogP contribution in [0.15, 0.2) is 30.3 Å². The monoisotopic (exact) mass is 246 g/mol. The van der Waals surface area contributed by atoms with Crippen LogP contribution in [0.5, 0.6) is 0 Å². The number of rotatable bonds is 5. The molecule has 0 aliphatic rings. The van der Waals surface area contributed by atoms with E-state index in [1.54, 1.807) is 11.3 Å². The molecule has 2 aromatic rings. The number of nitrogens with zero attached hydrogens (tertiary/aromatic N) is 1. The average Bonchev–Trinajstić information content (AvgIpc) is 2.73. The van der Waals surface area contributed by atoms with Gasteiger partial charge in [-0.1, -0.05) is 37.3 Å². The third kappa shape index (κ3) is 3.14. The third-order valence-electron chi connectivity index (χ3n) is 2.63. The molecule has 0 aliphatic heterocycles. The number of aromatic nitrogens is 1. The van der Waals surface area contributed by atoms with Gasteiger partial charge in [0.15, 0.2) is 0 Å². The molecule has 0 saturated heterocycles. The molecule has 90 valence electrons. The molecule has 1 aromatic heterocycles. The minimum atomic E-state index is 0.935. The van der Waals surface area contributed by atoms with Gasteiger partial charge < -0.3 is 5.32 Å². The highest BCUT2D eigenvalue weighted by molar-refractivity contribution is 7.15. The second-order valence-electron chi connectivity index (χ2n) is 4.07. The predicted octanol–water partition coefficient (Wildman–Crippen LogP) is 3.62. The predicted molar refractivity (Wildman–Crippen MR) is 74.3 cm³/mol. The van der Waals surface area contributed by atoms with E-state index in [-0.39, 0.29) is 0 Å². The van der Waals surface area contributed by atoms with Gasteiger partial charge in [0, 0.05) is 17.0 Å². The normalized spacial score (nSPS) is 10.7. The van der Waals surface area contributed by atoms with Crippen molar-refractivity contribution in [2.75, 3.05) is 6.54 Å². The van der Waals surface area contributed by atoms with Crippen LogP contribution in [-0.4, -0.2) is 11.5 Å². The molecule has 2 rings (SSSR count). The summed E-state index contributed by atoms with van der Waals surface area (Å²) in [6.45, 7) is 6.27. The van der Waals surface area contributed by atoms with Crippen molar-refractivity contribution < 1.29 is 0 Å². The number of benzene rings is 1. The zero-order chi connectivity index (χ0) is 12.1. The highest BCUT2D eigenvalue weighted by Gasteiger charge is 2.08. The number of hydrogen-bond acceptors (Lipinski definition) is 3. The maximum absolute atomic E-state index is 4.64. The summed E-state index contributed by atoms with van der Waals surface area (Å²) in [6, 6.07) is 10.4. The van der Waals surface area contributed by atoms with Crippen LogP contribution in [0, 0.1) is 6.92 Å². The maximum atomic E-state index is 4.64. The largest absolute Gasteiger partial charge is 0.312 e. The van der Waals surface area contributed by atoms with Crippen LogP contribution in [0.4, 0.5) is 0 Å². The standard InChI is InChI=1S/C14H18N2S/c1-3-9-15-10-13-11(2)16-14(17-13)12-7-5-4-6-8-12/h4-8,15H,3,9-10H2,1-2H3. The van der Waals surface area contributed by atoms with Crippen molar-refractivity contribution in [1.29, 1.82) is 0 Å². The van der Waals surface area contributed by atoms with Gasteiger partial charge in [-0.15, -0.1) is 11.3 Å². The quantitative estimate of drug-likeness (QED) is 0.815. The maximum Gasteiger partial charge on any atom is 0.123 e. The summed E-state index contributed by atoms with van der Waals surface area (Å²) in [6.07, 6.45) is 1.17. The Morgan fingerprint density at radius 3 is 2.71 bits per heavy atom. The molecule has 17 heavy (non-hydrogen) atoms. The molecule has 0 unspecified atom stereocenters. The first-order valence-electron chi connectivity index (χ1n) is 6.03. The molecular formula is C14H18N2S. The number of hydrogen-bond donors (Lipinski definition) is 1. The lowest BCUT2D eigenvalue weighted by atomic mass is 10.2. The van der Waals surface area contributed by atoms with Crippen molar-refractivity contribution in [3.63, 3.8) is 0 Å². The first kappa shape index (κ1) is 12.3. The van der Waals surface area contributed by atoms with Crippen molar-refractivity contribution >= 4 is 11.3 Å². The van der Waals surface area contributed by atoms with E-state index in [9.17, 15) is 0 Å². The zero-order valence-electron chi connectivity index (χ0n) is 10.4. The van der Waals surface area contributed by atoms with Crippen molar-refractivity contribution in [2.24, 2.45) is 0 Å². The lowest BCUT2D eigenvalue weighted by Crippen LogP contribution is -2.13. The van der Waals surface area contributed by atoms with Crippen molar-refractivity contribution in [1.82, 2.24) is 10.3 Å². The fraction of sp³-hybridized carbons (Fsp3) is 0.357. The van der Waals surface area contributed by atoms with E-state index < -0.39 is 0 Å². The van der Waals surface area contributed by atoms with Gasteiger partial charge in [-0.25, -0.2) is 4.98 Å². The van der Waals surface area contributed by atoms with Gasteiger partial charge in [0.25, 0.3) is 0 Å². The Kier molecular flexibility index (Phi) is 4.29. The van der Waals surface area contributed by atoms with E-state index in [0.717, 1.165) is 23.8 Å². The molecule has 0 fully saturated rings. The lowest BCUT2D eigenvalue weighted by Gasteiger charge is -1.99. The summed E-state index contributed by atoms with van der Waals surface area (Å²) in [4.78, 5) is 5.98. The summed E-state index contributed by atoms with van der Waals surface area (Å²) in [5.74, 6) is 0. The lowest BCUT2D eigenvalue weighted by molar-refractivity contribution is 0.678. The summed E-state index contributed by atoms with van der Waals surface area (Å²) in [7, 11) is 0. The molecule has 0 atom stereocenters. The van der Waals surface area contributed by atoms with Crippen LogP contribution in [0.1, 0.15) is 23.9 Å². The molecule has 0 aliphatic carbocycles. The second-order valence-corrected chi connectivity index (χ2v) is 5.15. The minimum absolute atomic E-state index is 0.935. The Bertz CT molecular complexity index is 462. The fourth-order valence-corrected chi connectivity index (χ4v) is 2.71. The Hall–Kier alpha value is -1.19. The summed E-state index contributed by atoms with van der Waals surface area (Å²) < 4.78 is 0. The average molecular weight is 246 g/mol. The van der Waals surface area contributed by atoms with E-state index in [1.807, 2.05) is 6.07 Å². The topological polar surface area (TPSA) is 24.9 Å². The Labute approximate surface area is 107 Å². The molecule has 0 radical (unpaired) electrons. The van der Waals surface area contributed by atoms with Crippen LogP contribution in [0.25, 0.3) is 10.6 Å². The summed E-state index contributed by atoms with van der Waals surface area (Å²) in [5.41, 5.74) is 2.36. The first-order valence-corrected chi connectivity index (χ1v) is 6.85.